The number of ketones is 1. The van der Waals surface area contributed by atoms with E-state index in [1.54, 1.807) is 13.0 Å². The summed E-state index contributed by atoms with van der Waals surface area (Å²) in [6, 6.07) is 10.2. The maximum Gasteiger partial charge on any atom is 0.146 e. The zero-order valence-electron chi connectivity index (χ0n) is 15.4. The van der Waals surface area contributed by atoms with E-state index in [0.29, 0.717) is 5.92 Å². The van der Waals surface area contributed by atoms with Gasteiger partial charge in [0.05, 0.1) is 17.9 Å². The SMILES string of the molecule is CC(=O)[C@H]1CC(C2c3ccccc3CCc3cc(F)cnc32)CCN1C. The lowest BCUT2D eigenvalue weighted by molar-refractivity contribution is -0.123. The van der Waals surface area contributed by atoms with Crippen molar-refractivity contribution in [2.75, 3.05) is 13.6 Å². The highest BCUT2D eigenvalue weighted by atomic mass is 19.1. The first-order valence-corrected chi connectivity index (χ1v) is 9.47. The van der Waals surface area contributed by atoms with Crippen molar-refractivity contribution < 1.29 is 9.18 Å². The highest BCUT2D eigenvalue weighted by Gasteiger charge is 2.37. The summed E-state index contributed by atoms with van der Waals surface area (Å²) in [6.07, 6.45) is 4.93. The molecule has 26 heavy (non-hydrogen) atoms. The molecule has 1 aliphatic heterocycles. The van der Waals surface area contributed by atoms with Crippen LogP contribution in [0.5, 0.6) is 0 Å². The molecular weight excluding hydrogens is 327 g/mol. The highest BCUT2D eigenvalue weighted by molar-refractivity contribution is 5.81. The second kappa shape index (κ2) is 6.92. The van der Waals surface area contributed by atoms with E-state index in [1.165, 1.54) is 17.3 Å². The minimum Gasteiger partial charge on any atom is -0.298 e. The average molecular weight is 352 g/mol. The molecule has 2 aliphatic rings. The fourth-order valence-corrected chi connectivity index (χ4v) is 4.82. The second-order valence-electron chi connectivity index (χ2n) is 7.77. The van der Waals surface area contributed by atoms with Crippen molar-refractivity contribution in [3.8, 4) is 0 Å². The number of hydrogen-bond donors (Lipinski definition) is 0. The van der Waals surface area contributed by atoms with E-state index < -0.39 is 0 Å². The van der Waals surface area contributed by atoms with Gasteiger partial charge in [-0.3, -0.25) is 14.7 Å². The van der Waals surface area contributed by atoms with Gasteiger partial charge < -0.3 is 0 Å². The molecule has 0 saturated carbocycles. The van der Waals surface area contributed by atoms with Gasteiger partial charge >= 0.3 is 0 Å². The summed E-state index contributed by atoms with van der Waals surface area (Å²) in [5.41, 5.74) is 4.66. The fraction of sp³-hybridized carbons (Fsp3) is 0.455. The van der Waals surface area contributed by atoms with Gasteiger partial charge in [0.25, 0.3) is 0 Å². The number of pyridine rings is 1. The molecule has 1 aromatic heterocycles. The van der Waals surface area contributed by atoms with Crippen molar-refractivity contribution in [3.05, 3.63) is 64.7 Å². The molecule has 136 valence electrons. The van der Waals surface area contributed by atoms with Gasteiger partial charge in [-0.25, -0.2) is 4.39 Å². The smallest absolute Gasteiger partial charge is 0.146 e. The maximum absolute atomic E-state index is 13.8. The molecule has 2 aromatic rings. The van der Waals surface area contributed by atoms with E-state index in [-0.39, 0.29) is 23.6 Å². The van der Waals surface area contributed by atoms with Gasteiger partial charge in [0, 0.05) is 5.92 Å². The minimum atomic E-state index is -0.265. The number of rotatable bonds is 2. The predicted octanol–water partition coefficient (Wildman–Crippen LogP) is 3.75. The number of likely N-dealkylation sites (tertiary alicyclic amines) is 1. The molecule has 3 atom stereocenters. The molecule has 0 amide bonds. The highest BCUT2D eigenvalue weighted by Crippen LogP contribution is 2.43. The summed E-state index contributed by atoms with van der Waals surface area (Å²) in [4.78, 5) is 18.9. The second-order valence-corrected chi connectivity index (χ2v) is 7.77. The van der Waals surface area contributed by atoms with Gasteiger partial charge in [-0.1, -0.05) is 24.3 Å². The van der Waals surface area contributed by atoms with Gasteiger partial charge in [-0.15, -0.1) is 0 Å². The zero-order chi connectivity index (χ0) is 18.3. The summed E-state index contributed by atoms with van der Waals surface area (Å²) in [5.74, 6) is 0.445. The van der Waals surface area contributed by atoms with Gasteiger partial charge in [-0.2, -0.15) is 0 Å². The summed E-state index contributed by atoms with van der Waals surface area (Å²) in [5, 5.41) is 0. The van der Waals surface area contributed by atoms with Crippen molar-refractivity contribution in [2.24, 2.45) is 5.92 Å². The molecule has 1 aromatic carbocycles. The number of carbonyl (C=O) groups is 1. The Morgan fingerprint density at radius 1 is 1.23 bits per heavy atom. The first kappa shape index (κ1) is 17.3. The number of halogens is 1. The minimum absolute atomic E-state index is 0.0342. The summed E-state index contributed by atoms with van der Waals surface area (Å²) < 4.78 is 13.8. The Morgan fingerprint density at radius 3 is 2.81 bits per heavy atom. The lowest BCUT2D eigenvalue weighted by atomic mass is 9.74. The molecule has 2 heterocycles. The van der Waals surface area contributed by atoms with E-state index in [2.05, 4.69) is 34.1 Å². The summed E-state index contributed by atoms with van der Waals surface area (Å²) in [6.45, 7) is 2.59. The van der Waals surface area contributed by atoms with Gasteiger partial charge in [0.15, 0.2) is 0 Å². The Labute approximate surface area is 154 Å². The third kappa shape index (κ3) is 3.07. The van der Waals surface area contributed by atoms with Crippen molar-refractivity contribution in [2.45, 2.75) is 44.6 Å². The Morgan fingerprint density at radius 2 is 2.00 bits per heavy atom. The molecule has 2 unspecified atom stereocenters. The van der Waals surface area contributed by atoms with Crippen molar-refractivity contribution in [3.63, 3.8) is 0 Å². The number of fused-ring (bicyclic) bond motifs is 2. The normalized spacial score (nSPS) is 25.9. The number of aromatic nitrogens is 1. The molecule has 3 nitrogen and oxygen atoms in total. The molecule has 1 saturated heterocycles. The van der Waals surface area contributed by atoms with Crippen LogP contribution in [0.1, 0.15) is 48.1 Å². The number of benzene rings is 1. The van der Waals surface area contributed by atoms with E-state index in [1.807, 2.05) is 7.05 Å². The molecular formula is C22H25FN2O. The van der Waals surface area contributed by atoms with Crippen LogP contribution in [0, 0.1) is 11.7 Å². The predicted molar refractivity (Wildman–Crippen MR) is 99.7 cm³/mol. The van der Waals surface area contributed by atoms with E-state index >= 15 is 0 Å². The van der Waals surface area contributed by atoms with Gasteiger partial charge in [0.1, 0.15) is 11.6 Å². The Hall–Kier alpha value is -2.07. The molecule has 0 bridgehead atoms. The lowest BCUT2D eigenvalue weighted by Gasteiger charge is -2.39. The molecule has 4 rings (SSSR count). The number of aryl methyl sites for hydroxylation is 2. The van der Waals surface area contributed by atoms with Crippen molar-refractivity contribution >= 4 is 5.78 Å². The number of hydrogen-bond acceptors (Lipinski definition) is 3. The average Bonchev–Trinajstić information content (AvgIpc) is 2.79. The van der Waals surface area contributed by atoms with Crippen LogP contribution in [-0.4, -0.2) is 35.3 Å². The number of piperidine rings is 1. The molecule has 0 radical (unpaired) electrons. The van der Waals surface area contributed by atoms with Crippen LogP contribution in [0.15, 0.2) is 36.5 Å². The van der Waals surface area contributed by atoms with Crippen LogP contribution < -0.4 is 0 Å². The van der Waals surface area contributed by atoms with Crippen LogP contribution in [0.4, 0.5) is 4.39 Å². The van der Waals surface area contributed by atoms with E-state index in [4.69, 9.17) is 0 Å². The number of likely N-dealkylation sites (N-methyl/N-ethyl adjacent to an activating group) is 1. The third-order valence-electron chi connectivity index (χ3n) is 6.17. The maximum atomic E-state index is 13.8. The van der Waals surface area contributed by atoms with Crippen LogP contribution in [0.2, 0.25) is 0 Å². The summed E-state index contributed by atoms with van der Waals surface area (Å²) >= 11 is 0. The van der Waals surface area contributed by atoms with Crippen LogP contribution in [0.25, 0.3) is 0 Å². The molecule has 1 aliphatic carbocycles. The lowest BCUT2D eigenvalue weighted by Crippen LogP contribution is -2.45. The zero-order valence-corrected chi connectivity index (χ0v) is 15.4. The standard InChI is InChI=1S/C22H25FN2O/c1-14(26)20-12-16(9-10-25(20)2)21-19-6-4-3-5-15(19)7-8-17-11-18(23)13-24-22(17)21/h3-6,11,13,16,20-21H,7-10,12H2,1-2H3/t16?,20-,21?/m1/s1. The first-order chi connectivity index (χ1) is 12.5. The third-order valence-corrected chi connectivity index (χ3v) is 6.17. The van der Waals surface area contributed by atoms with Crippen molar-refractivity contribution in [1.29, 1.82) is 0 Å². The van der Waals surface area contributed by atoms with Gasteiger partial charge in [0.2, 0.25) is 0 Å². The number of Topliss-reactive ketones (excluding diaryl/α,β-unsaturated/α-hetero) is 1. The number of nitrogens with zero attached hydrogens (tertiary/aromatic N) is 2. The molecule has 4 heteroatoms. The van der Waals surface area contributed by atoms with Gasteiger partial charge in [-0.05, 0) is 74.9 Å². The van der Waals surface area contributed by atoms with Crippen LogP contribution in [0.3, 0.4) is 0 Å². The topological polar surface area (TPSA) is 33.2 Å². The molecule has 0 spiro atoms. The Kier molecular flexibility index (Phi) is 4.62. The quantitative estimate of drug-likeness (QED) is 0.825. The van der Waals surface area contributed by atoms with Crippen LogP contribution in [-0.2, 0) is 17.6 Å². The van der Waals surface area contributed by atoms with E-state index in [9.17, 15) is 9.18 Å². The summed E-state index contributed by atoms with van der Waals surface area (Å²) in [7, 11) is 2.03. The largest absolute Gasteiger partial charge is 0.298 e. The van der Waals surface area contributed by atoms with E-state index in [0.717, 1.165) is 43.5 Å². The van der Waals surface area contributed by atoms with Crippen molar-refractivity contribution in [1.82, 2.24) is 9.88 Å². The number of carbonyl (C=O) groups excluding carboxylic acids is 1. The monoisotopic (exact) mass is 352 g/mol. The van der Waals surface area contributed by atoms with Crippen LogP contribution >= 0.6 is 0 Å². The molecule has 0 N–H and O–H groups in total. The molecule has 1 fully saturated rings. The Bertz CT molecular complexity index is 835. The fourth-order valence-electron chi connectivity index (χ4n) is 4.82. The Balaban J connectivity index is 1.80. The first-order valence-electron chi connectivity index (χ1n) is 9.47.